The minimum absolute atomic E-state index is 0.170. The molecule has 3 aromatic carbocycles. The SMILES string of the molecule is COc1ccccc1NS(=O)(=O)c1ccc(NC(=O)c2ccccc2Cl)c(F)c1. The number of benzene rings is 3. The average molecular weight is 435 g/mol. The van der Waals surface area contributed by atoms with Crippen LogP contribution in [0.1, 0.15) is 10.4 Å². The van der Waals surface area contributed by atoms with E-state index in [4.69, 9.17) is 16.3 Å². The van der Waals surface area contributed by atoms with Gasteiger partial charge in [0.1, 0.15) is 11.6 Å². The number of carbonyl (C=O) groups excluding carboxylic acids is 1. The Labute approximate surface area is 172 Å². The van der Waals surface area contributed by atoms with Gasteiger partial charge in [-0.05, 0) is 42.5 Å². The summed E-state index contributed by atoms with van der Waals surface area (Å²) in [6.07, 6.45) is 0. The van der Waals surface area contributed by atoms with Crippen molar-refractivity contribution in [2.24, 2.45) is 0 Å². The van der Waals surface area contributed by atoms with E-state index in [1.54, 1.807) is 30.3 Å². The first-order chi connectivity index (χ1) is 13.8. The fourth-order valence-corrected chi connectivity index (χ4v) is 3.84. The molecule has 29 heavy (non-hydrogen) atoms. The third kappa shape index (κ3) is 4.67. The molecule has 3 aromatic rings. The Morgan fingerprint density at radius 2 is 1.69 bits per heavy atom. The lowest BCUT2D eigenvalue weighted by Crippen LogP contribution is -2.16. The van der Waals surface area contributed by atoms with E-state index >= 15 is 0 Å². The van der Waals surface area contributed by atoms with E-state index in [2.05, 4.69) is 10.0 Å². The van der Waals surface area contributed by atoms with Crippen molar-refractivity contribution in [1.29, 1.82) is 0 Å². The standard InChI is InChI=1S/C20H16ClFN2O4S/c1-28-19-9-5-4-8-18(19)24-29(26,27)13-10-11-17(16(22)12-13)23-20(25)14-6-2-3-7-15(14)21/h2-12,24H,1H3,(H,23,25). The molecule has 1 amide bonds. The molecule has 0 bridgehead atoms. The molecule has 0 saturated heterocycles. The van der Waals surface area contributed by atoms with Crippen LogP contribution in [0, 0.1) is 5.82 Å². The summed E-state index contributed by atoms with van der Waals surface area (Å²) < 4.78 is 47.1. The van der Waals surface area contributed by atoms with Gasteiger partial charge in [0, 0.05) is 0 Å². The van der Waals surface area contributed by atoms with E-state index in [9.17, 15) is 17.6 Å². The first-order valence-electron chi connectivity index (χ1n) is 8.33. The van der Waals surface area contributed by atoms with Crippen molar-refractivity contribution >= 4 is 38.9 Å². The Balaban J connectivity index is 1.83. The lowest BCUT2D eigenvalue weighted by Gasteiger charge is -2.13. The third-order valence-corrected chi connectivity index (χ3v) is 5.66. The van der Waals surface area contributed by atoms with Crippen LogP contribution in [0.4, 0.5) is 15.8 Å². The molecule has 2 N–H and O–H groups in total. The number of methoxy groups -OCH3 is 1. The number of ether oxygens (including phenoxy) is 1. The van der Waals surface area contributed by atoms with Crippen LogP contribution in [0.5, 0.6) is 5.75 Å². The van der Waals surface area contributed by atoms with Crippen LogP contribution < -0.4 is 14.8 Å². The van der Waals surface area contributed by atoms with Gasteiger partial charge in [-0.2, -0.15) is 0 Å². The van der Waals surface area contributed by atoms with Gasteiger partial charge >= 0.3 is 0 Å². The highest BCUT2D eigenvalue weighted by molar-refractivity contribution is 7.92. The molecule has 150 valence electrons. The molecule has 0 aromatic heterocycles. The summed E-state index contributed by atoms with van der Waals surface area (Å²) in [6, 6.07) is 15.9. The lowest BCUT2D eigenvalue weighted by molar-refractivity contribution is 0.102. The zero-order valence-electron chi connectivity index (χ0n) is 15.1. The molecule has 0 atom stereocenters. The number of sulfonamides is 1. The average Bonchev–Trinajstić information content (AvgIpc) is 2.69. The maximum atomic E-state index is 14.5. The van der Waals surface area contributed by atoms with Crippen molar-refractivity contribution in [2.45, 2.75) is 4.90 Å². The number of rotatable bonds is 6. The number of nitrogens with one attached hydrogen (secondary N) is 2. The first kappa shape index (κ1) is 20.6. The maximum Gasteiger partial charge on any atom is 0.262 e. The summed E-state index contributed by atoms with van der Waals surface area (Å²) in [5, 5.41) is 2.59. The molecule has 0 radical (unpaired) electrons. The van der Waals surface area contributed by atoms with Crippen LogP contribution in [-0.2, 0) is 10.0 Å². The Morgan fingerprint density at radius 1 is 1.00 bits per heavy atom. The highest BCUT2D eigenvalue weighted by Crippen LogP contribution is 2.27. The Hall–Kier alpha value is -3.10. The summed E-state index contributed by atoms with van der Waals surface area (Å²) in [4.78, 5) is 12.0. The molecule has 0 aliphatic carbocycles. The molecule has 0 unspecified atom stereocenters. The number of hydrogen-bond donors (Lipinski definition) is 2. The number of carbonyl (C=O) groups is 1. The van der Waals surface area contributed by atoms with E-state index in [0.717, 1.165) is 6.07 Å². The molecule has 3 rings (SSSR count). The second-order valence-electron chi connectivity index (χ2n) is 5.88. The minimum atomic E-state index is -4.08. The van der Waals surface area contributed by atoms with E-state index in [0.29, 0.717) is 5.75 Å². The number of hydrogen-bond acceptors (Lipinski definition) is 4. The number of para-hydroxylation sites is 2. The van der Waals surface area contributed by atoms with Crippen molar-refractivity contribution in [3.63, 3.8) is 0 Å². The number of amides is 1. The van der Waals surface area contributed by atoms with Gasteiger partial charge < -0.3 is 10.1 Å². The Morgan fingerprint density at radius 3 is 2.38 bits per heavy atom. The minimum Gasteiger partial charge on any atom is -0.495 e. The van der Waals surface area contributed by atoms with Crippen LogP contribution in [0.15, 0.2) is 71.6 Å². The quantitative estimate of drug-likeness (QED) is 0.596. The first-order valence-corrected chi connectivity index (χ1v) is 10.2. The van der Waals surface area contributed by atoms with Crippen LogP contribution in [0.3, 0.4) is 0 Å². The zero-order chi connectivity index (χ0) is 21.0. The van der Waals surface area contributed by atoms with Crippen LogP contribution in [0.2, 0.25) is 5.02 Å². The normalized spacial score (nSPS) is 11.0. The summed E-state index contributed by atoms with van der Waals surface area (Å²) in [6.45, 7) is 0. The van der Waals surface area contributed by atoms with Gasteiger partial charge in [-0.1, -0.05) is 35.9 Å². The third-order valence-electron chi connectivity index (χ3n) is 3.97. The van der Waals surface area contributed by atoms with Crippen molar-refractivity contribution in [2.75, 3.05) is 17.1 Å². The van der Waals surface area contributed by atoms with E-state index in [1.165, 1.54) is 37.4 Å². The summed E-state index contributed by atoms with van der Waals surface area (Å²) in [5.74, 6) is -1.20. The Kier molecular flexibility index (Phi) is 6.05. The summed E-state index contributed by atoms with van der Waals surface area (Å²) >= 11 is 5.96. The van der Waals surface area contributed by atoms with Crippen LogP contribution in [0.25, 0.3) is 0 Å². The zero-order valence-corrected chi connectivity index (χ0v) is 16.7. The maximum absolute atomic E-state index is 14.5. The molecule has 0 spiro atoms. The predicted molar refractivity (Wildman–Crippen MR) is 110 cm³/mol. The van der Waals surface area contributed by atoms with Gasteiger partial charge in [0.15, 0.2) is 0 Å². The van der Waals surface area contributed by atoms with Crippen molar-refractivity contribution in [1.82, 2.24) is 0 Å². The number of halogens is 2. The van der Waals surface area contributed by atoms with Crippen molar-refractivity contribution in [3.05, 3.63) is 83.1 Å². The monoisotopic (exact) mass is 434 g/mol. The smallest absolute Gasteiger partial charge is 0.262 e. The molecule has 6 nitrogen and oxygen atoms in total. The van der Waals surface area contributed by atoms with Gasteiger partial charge in [-0.25, -0.2) is 12.8 Å². The summed E-state index contributed by atoms with van der Waals surface area (Å²) in [5.41, 5.74) is 0.209. The molecule has 0 fully saturated rings. The topological polar surface area (TPSA) is 84.5 Å². The van der Waals surface area contributed by atoms with Gasteiger partial charge in [0.05, 0.1) is 34.0 Å². The van der Waals surface area contributed by atoms with Gasteiger partial charge in [-0.15, -0.1) is 0 Å². The summed E-state index contributed by atoms with van der Waals surface area (Å²) in [7, 11) is -2.67. The lowest BCUT2D eigenvalue weighted by atomic mass is 10.2. The second kappa shape index (κ2) is 8.50. The van der Waals surface area contributed by atoms with E-state index in [-0.39, 0.29) is 26.9 Å². The molecule has 0 heterocycles. The van der Waals surface area contributed by atoms with Gasteiger partial charge in [0.2, 0.25) is 0 Å². The van der Waals surface area contributed by atoms with E-state index < -0.39 is 21.7 Å². The van der Waals surface area contributed by atoms with Crippen LogP contribution in [-0.4, -0.2) is 21.4 Å². The molecule has 0 aliphatic rings. The molecule has 9 heteroatoms. The molecular weight excluding hydrogens is 419 g/mol. The second-order valence-corrected chi connectivity index (χ2v) is 7.97. The van der Waals surface area contributed by atoms with Crippen molar-refractivity contribution in [3.8, 4) is 5.75 Å². The van der Waals surface area contributed by atoms with Gasteiger partial charge in [0.25, 0.3) is 15.9 Å². The highest BCUT2D eigenvalue weighted by atomic mass is 35.5. The molecule has 0 aliphatic heterocycles. The largest absolute Gasteiger partial charge is 0.495 e. The molecule has 0 saturated carbocycles. The fraction of sp³-hybridized carbons (Fsp3) is 0.0500. The predicted octanol–water partition coefficient (Wildman–Crippen LogP) is 4.54. The van der Waals surface area contributed by atoms with Crippen LogP contribution >= 0.6 is 11.6 Å². The van der Waals surface area contributed by atoms with Crippen molar-refractivity contribution < 1.29 is 22.3 Å². The van der Waals surface area contributed by atoms with E-state index in [1.807, 2.05) is 0 Å². The number of anilines is 2. The van der Waals surface area contributed by atoms with Gasteiger partial charge in [-0.3, -0.25) is 9.52 Å². The molecular formula is C20H16ClFN2O4S. The Bertz CT molecular complexity index is 1170. The highest BCUT2D eigenvalue weighted by Gasteiger charge is 2.19. The fourth-order valence-electron chi connectivity index (χ4n) is 2.53.